The van der Waals surface area contributed by atoms with Gasteiger partial charge in [0.15, 0.2) is 0 Å². The number of aliphatic imine (C=N–C) groups is 1. The van der Waals surface area contributed by atoms with E-state index in [9.17, 15) is 9.90 Å². The molecule has 1 unspecified atom stereocenters. The predicted octanol–water partition coefficient (Wildman–Crippen LogP) is 3.65. The number of nitrogens with two attached hydrogens (primary N) is 1. The van der Waals surface area contributed by atoms with E-state index in [0.29, 0.717) is 13.1 Å². The summed E-state index contributed by atoms with van der Waals surface area (Å²) in [5.41, 5.74) is 5.66. The number of hydrogen-bond donors (Lipinski definition) is 1. The molecule has 1 aliphatic heterocycles. The number of aliphatic carboxylic acids is 1. The van der Waals surface area contributed by atoms with Gasteiger partial charge in [-0.1, -0.05) is 77.2 Å². The molecular formula is C22H39N3O2. The molecular weight excluding hydrogens is 338 g/mol. The molecule has 2 N–H and O–H groups in total. The van der Waals surface area contributed by atoms with Crippen LogP contribution in [0.4, 0.5) is 0 Å². The first-order chi connectivity index (χ1) is 13.1. The Morgan fingerprint density at radius 1 is 1.07 bits per heavy atom. The van der Waals surface area contributed by atoms with Gasteiger partial charge in [-0.3, -0.25) is 0 Å². The molecule has 5 nitrogen and oxygen atoms in total. The Labute approximate surface area is 165 Å². The van der Waals surface area contributed by atoms with Gasteiger partial charge in [0.2, 0.25) is 5.84 Å². The second-order valence-corrected chi connectivity index (χ2v) is 7.59. The van der Waals surface area contributed by atoms with Gasteiger partial charge in [0.1, 0.15) is 19.3 Å². The van der Waals surface area contributed by atoms with Crippen LogP contribution in [0.1, 0.15) is 84.0 Å². The van der Waals surface area contributed by atoms with Crippen molar-refractivity contribution in [2.75, 3.05) is 19.6 Å². The van der Waals surface area contributed by atoms with Crippen LogP contribution in [-0.2, 0) is 4.79 Å². The normalized spacial score (nSPS) is 19.1. The molecule has 1 atom stereocenters. The van der Waals surface area contributed by atoms with Crippen molar-refractivity contribution < 1.29 is 14.4 Å². The van der Waals surface area contributed by atoms with E-state index in [2.05, 4.69) is 18.0 Å². The molecule has 1 heterocycles. The number of carbonyl (C=O) groups is 1. The number of allylic oxidation sites excluding steroid dienone is 1. The van der Waals surface area contributed by atoms with Gasteiger partial charge >= 0.3 is 0 Å². The van der Waals surface area contributed by atoms with Crippen molar-refractivity contribution in [1.29, 1.82) is 0 Å². The van der Waals surface area contributed by atoms with Gasteiger partial charge in [-0.15, -0.1) is 0 Å². The molecule has 0 fully saturated rings. The SMILES string of the molecule is CCCCCCCCCCCCC/C=C/C1=NC=C[N+]1(CCN)CC(=O)[O-]. The van der Waals surface area contributed by atoms with Crippen molar-refractivity contribution in [3.8, 4) is 0 Å². The van der Waals surface area contributed by atoms with Gasteiger partial charge in [0, 0.05) is 12.6 Å². The lowest BCUT2D eigenvalue weighted by atomic mass is 10.1. The number of carboxylic acid groups (broad SMARTS) is 1. The molecule has 0 aromatic rings. The van der Waals surface area contributed by atoms with Crippen LogP contribution in [0.2, 0.25) is 0 Å². The number of unbranched alkanes of at least 4 members (excludes halogenated alkanes) is 11. The van der Waals surface area contributed by atoms with E-state index in [1.807, 2.05) is 6.08 Å². The van der Waals surface area contributed by atoms with Gasteiger partial charge in [-0.2, -0.15) is 4.99 Å². The molecule has 1 aliphatic rings. The average molecular weight is 378 g/mol. The Kier molecular flexibility index (Phi) is 12.7. The first-order valence-electron chi connectivity index (χ1n) is 10.8. The maximum atomic E-state index is 11.1. The summed E-state index contributed by atoms with van der Waals surface area (Å²) in [7, 11) is 0. The molecule has 0 saturated heterocycles. The smallest absolute Gasteiger partial charge is 0.232 e. The average Bonchev–Trinajstić information content (AvgIpc) is 3.00. The lowest BCUT2D eigenvalue weighted by Crippen LogP contribution is -2.54. The topological polar surface area (TPSA) is 78.5 Å². The molecule has 0 bridgehead atoms. The highest BCUT2D eigenvalue weighted by atomic mass is 16.4. The quantitative estimate of drug-likeness (QED) is 0.310. The number of hydrogen-bond acceptors (Lipinski definition) is 4. The van der Waals surface area contributed by atoms with Crippen molar-refractivity contribution in [2.45, 2.75) is 84.0 Å². The Bertz CT molecular complexity index is 500. The second kappa shape index (κ2) is 14.6. The summed E-state index contributed by atoms with van der Waals surface area (Å²) >= 11 is 0. The minimum atomic E-state index is -1.08. The van der Waals surface area contributed by atoms with Crippen LogP contribution in [-0.4, -0.2) is 35.9 Å². The lowest BCUT2D eigenvalue weighted by molar-refractivity contribution is -0.778. The maximum absolute atomic E-state index is 11.1. The monoisotopic (exact) mass is 377 g/mol. The number of nitrogens with zero attached hydrogens (tertiary/aromatic N) is 2. The summed E-state index contributed by atoms with van der Waals surface area (Å²) < 4.78 is 0.160. The third-order valence-corrected chi connectivity index (χ3v) is 5.20. The molecule has 0 aromatic carbocycles. The molecule has 27 heavy (non-hydrogen) atoms. The summed E-state index contributed by atoms with van der Waals surface area (Å²) in [6.07, 6.45) is 23.3. The minimum Gasteiger partial charge on any atom is -0.544 e. The van der Waals surface area contributed by atoms with Gasteiger partial charge in [-0.25, -0.2) is 4.48 Å². The fourth-order valence-corrected chi connectivity index (χ4v) is 3.60. The fraction of sp³-hybridized carbons (Fsp3) is 0.727. The van der Waals surface area contributed by atoms with Crippen LogP contribution in [0.15, 0.2) is 29.5 Å². The molecule has 154 valence electrons. The second-order valence-electron chi connectivity index (χ2n) is 7.59. The molecule has 0 aliphatic carbocycles. The van der Waals surface area contributed by atoms with E-state index < -0.39 is 5.97 Å². The molecule has 0 radical (unpaired) electrons. The van der Waals surface area contributed by atoms with Crippen LogP contribution in [0.3, 0.4) is 0 Å². The molecule has 0 aromatic heterocycles. The van der Waals surface area contributed by atoms with Crippen LogP contribution in [0.25, 0.3) is 0 Å². The van der Waals surface area contributed by atoms with Crippen LogP contribution < -0.4 is 10.8 Å². The minimum absolute atomic E-state index is 0.116. The van der Waals surface area contributed by atoms with E-state index in [-0.39, 0.29) is 11.0 Å². The molecule has 0 spiro atoms. The van der Waals surface area contributed by atoms with Gasteiger partial charge < -0.3 is 15.6 Å². The van der Waals surface area contributed by atoms with Gasteiger partial charge in [0.25, 0.3) is 0 Å². The number of amidine groups is 1. The summed E-state index contributed by atoms with van der Waals surface area (Å²) in [5, 5.41) is 11.1. The Morgan fingerprint density at radius 3 is 2.22 bits per heavy atom. The highest BCUT2D eigenvalue weighted by molar-refractivity contribution is 5.90. The van der Waals surface area contributed by atoms with Crippen LogP contribution in [0.5, 0.6) is 0 Å². The lowest BCUT2D eigenvalue weighted by Gasteiger charge is -2.31. The first-order valence-corrected chi connectivity index (χ1v) is 10.8. The predicted molar refractivity (Wildman–Crippen MR) is 111 cm³/mol. The third-order valence-electron chi connectivity index (χ3n) is 5.20. The van der Waals surface area contributed by atoms with Crippen LogP contribution >= 0.6 is 0 Å². The van der Waals surface area contributed by atoms with Gasteiger partial charge in [-0.05, 0) is 12.8 Å². The van der Waals surface area contributed by atoms with Crippen LogP contribution in [0, 0.1) is 0 Å². The van der Waals surface area contributed by atoms with E-state index in [4.69, 9.17) is 5.73 Å². The molecule has 0 amide bonds. The largest absolute Gasteiger partial charge is 0.544 e. The fourth-order valence-electron chi connectivity index (χ4n) is 3.60. The summed E-state index contributed by atoms with van der Waals surface area (Å²) in [4.78, 5) is 15.4. The molecule has 0 saturated carbocycles. The zero-order valence-electron chi connectivity index (χ0n) is 17.2. The van der Waals surface area contributed by atoms with Gasteiger partial charge in [0.05, 0.1) is 12.2 Å². The first kappa shape index (κ1) is 23.6. The van der Waals surface area contributed by atoms with E-state index in [1.165, 1.54) is 70.6 Å². The van der Waals surface area contributed by atoms with Crippen molar-refractivity contribution in [2.24, 2.45) is 10.7 Å². The summed E-state index contributed by atoms with van der Waals surface area (Å²) in [6, 6.07) is 0. The van der Waals surface area contributed by atoms with Crippen molar-refractivity contribution in [1.82, 2.24) is 0 Å². The third kappa shape index (κ3) is 9.87. The van der Waals surface area contributed by atoms with Crippen molar-refractivity contribution >= 4 is 11.8 Å². The van der Waals surface area contributed by atoms with E-state index >= 15 is 0 Å². The highest BCUT2D eigenvalue weighted by Gasteiger charge is 2.33. The van der Waals surface area contributed by atoms with E-state index in [0.717, 1.165) is 12.3 Å². The Morgan fingerprint density at radius 2 is 1.67 bits per heavy atom. The Balaban J connectivity index is 2.13. The van der Waals surface area contributed by atoms with Crippen molar-refractivity contribution in [3.63, 3.8) is 0 Å². The summed E-state index contributed by atoms with van der Waals surface area (Å²) in [5.74, 6) is -0.339. The number of quaternary nitrogens is 1. The standard InChI is InChI=1S/C22H39N3O2/c1-2-3-4-5-6-7-8-9-10-11-12-13-14-15-21-24-17-19-25(21,18-16-23)20-22(26)27/h14-15,17,19H,2-13,16,18,20,23H2,1H3/b15-14+. The van der Waals surface area contributed by atoms with E-state index in [1.54, 1.807) is 12.4 Å². The molecule has 5 heteroatoms. The van der Waals surface area contributed by atoms with Crippen molar-refractivity contribution in [3.05, 3.63) is 24.6 Å². The maximum Gasteiger partial charge on any atom is 0.232 e. The number of rotatable bonds is 17. The summed E-state index contributed by atoms with van der Waals surface area (Å²) in [6.45, 7) is 3.07. The number of carbonyl (C=O) groups excluding carboxylic acids is 1. The zero-order chi connectivity index (χ0) is 19.8. The highest BCUT2D eigenvalue weighted by Crippen LogP contribution is 2.18. The molecule has 1 rings (SSSR count). The number of carboxylic acids is 1. The Hall–Kier alpha value is -1.46. The zero-order valence-corrected chi connectivity index (χ0v) is 17.2.